The van der Waals surface area contributed by atoms with Crippen molar-refractivity contribution in [1.29, 1.82) is 0 Å². The number of hydrogen-bond donors (Lipinski definition) is 2. The van der Waals surface area contributed by atoms with Crippen molar-refractivity contribution in [2.45, 2.75) is 6.92 Å². The van der Waals surface area contributed by atoms with Gasteiger partial charge in [-0.1, -0.05) is 11.6 Å². The van der Waals surface area contributed by atoms with E-state index < -0.39 is 5.91 Å². The van der Waals surface area contributed by atoms with Gasteiger partial charge in [0.05, 0.1) is 23.0 Å². The van der Waals surface area contributed by atoms with Gasteiger partial charge in [0.1, 0.15) is 0 Å². The molecule has 8 heteroatoms. The third-order valence-corrected chi connectivity index (χ3v) is 3.74. The smallest absolute Gasteiger partial charge is 0.280 e. The highest BCUT2D eigenvalue weighted by molar-refractivity contribution is 6.30. The number of hydrogen-bond acceptors (Lipinski definition) is 4. The second-order valence-electron chi connectivity index (χ2n) is 5.21. The molecule has 126 valence electrons. The average molecular weight is 356 g/mol. The first-order chi connectivity index (χ1) is 12.1. The van der Waals surface area contributed by atoms with Gasteiger partial charge in [-0.3, -0.25) is 19.7 Å². The van der Waals surface area contributed by atoms with Crippen LogP contribution in [0.1, 0.15) is 21.6 Å². The molecule has 0 aliphatic carbocycles. The molecule has 3 rings (SSSR count). The van der Waals surface area contributed by atoms with Crippen LogP contribution in [0.2, 0.25) is 5.02 Å². The van der Waals surface area contributed by atoms with Crippen LogP contribution >= 0.6 is 11.6 Å². The summed E-state index contributed by atoms with van der Waals surface area (Å²) in [6, 6.07) is 10.1. The standard InChI is InChI=1S/C17H14ClN5O2/c1-11-15(10-20-21-16(24)12-3-2-8-19-9-12)17(25)23(22-11)14-6-4-13(18)5-7-14/h2-10,22H,1H3,(H,21,24)/b20-10+. The predicted octanol–water partition coefficient (Wildman–Crippen LogP) is 2.29. The van der Waals surface area contributed by atoms with Crippen molar-refractivity contribution in [2.75, 3.05) is 0 Å². The van der Waals surface area contributed by atoms with Crippen LogP contribution in [0.4, 0.5) is 0 Å². The van der Waals surface area contributed by atoms with Crippen molar-refractivity contribution < 1.29 is 4.79 Å². The first kappa shape index (κ1) is 16.7. The zero-order valence-electron chi connectivity index (χ0n) is 13.2. The van der Waals surface area contributed by atoms with Crippen molar-refractivity contribution in [2.24, 2.45) is 5.10 Å². The van der Waals surface area contributed by atoms with Crippen molar-refractivity contribution in [1.82, 2.24) is 20.2 Å². The summed E-state index contributed by atoms with van der Waals surface area (Å²) in [4.78, 5) is 28.3. The molecule has 1 amide bonds. The number of H-pyrrole nitrogens is 1. The molecule has 0 atom stereocenters. The Morgan fingerprint density at radius 3 is 2.76 bits per heavy atom. The van der Waals surface area contributed by atoms with Gasteiger partial charge in [-0.25, -0.2) is 10.1 Å². The number of benzene rings is 1. The number of nitrogens with zero attached hydrogens (tertiary/aromatic N) is 3. The van der Waals surface area contributed by atoms with Gasteiger partial charge in [0.15, 0.2) is 0 Å². The van der Waals surface area contributed by atoms with Crippen molar-refractivity contribution in [3.05, 3.63) is 81.0 Å². The van der Waals surface area contributed by atoms with Crippen LogP contribution in [-0.4, -0.2) is 26.9 Å². The quantitative estimate of drug-likeness (QED) is 0.555. The molecule has 7 nitrogen and oxygen atoms in total. The SMILES string of the molecule is Cc1[nH]n(-c2ccc(Cl)cc2)c(=O)c1/C=N/NC(=O)c1cccnc1. The van der Waals surface area contributed by atoms with Gasteiger partial charge in [0, 0.05) is 23.1 Å². The molecule has 0 saturated heterocycles. The third-order valence-electron chi connectivity index (χ3n) is 3.49. The lowest BCUT2D eigenvalue weighted by Gasteiger charge is -2.00. The molecule has 2 aromatic heterocycles. The molecule has 0 saturated carbocycles. The fourth-order valence-corrected chi connectivity index (χ4v) is 2.33. The van der Waals surface area contributed by atoms with Gasteiger partial charge in [-0.2, -0.15) is 5.10 Å². The summed E-state index contributed by atoms with van der Waals surface area (Å²) in [6.45, 7) is 1.75. The van der Waals surface area contributed by atoms with E-state index >= 15 is 0 Å². The molecule has 2 N–H and O–H groups in total. The monoisotopic (exact) mass is 355 g/mol. The Labute approximate surface area is 148 Å². The van der Waals surface area contributed by atoms with Crippen molar-refractivity contribution in [3.63, 3.8) is 0 Å². The topological polar surface area (TPSA) is 92.1 Å². The van der Waals surface area contributed by atoms with E-state index in [1.54, 1.807) is 49.5 Å². The largest absolute Gasteiger partial charge is 0.295 e. The molecule has 0 radical (unpaired) electrons. The van der Waals surface area contributed by atoms with Crippen LogP contribution in [0, 0.1) is 6.92 Å². The molecule has 25 heavy (non-hydrogen) atoms. The van der Waals surface area contributed by atoms with Gasteiger partial charge < -0.3 is 0 Å². The minimum Gasteiger partial charge on any atom is -0.295 e. The number of pyridine rings is 1. The Kier molecular flexibility index (Phi) is 4.76. The molecular weight excluding hydrogens is 342 g/mol. The first-order valence-corrected chi connectivity index (χ1v) is 7.75. The number of rotatable bonds is 4. The van der Waals surface area contributed by atoms with Crippen LogP contribution < -0.4 is 11.0 Å². The normalized spacial score (nSPS) is 11.0. The summed E-state index contributed by atoms with van der Waals surface area (Å²) < 4.78 is 1.38. The highest BCUT2D eigenvalue weighted by atomic mass is 35.5. The molecular formula is C17H14ClN5O2. The number of aromatic nitrogens is 3. The van der Waals surface area contributed by atoms with Gasteiger partial charge in [0.2, 0.25) is 0 Å². The van der Waals surface area contributed by atoms with Gasteiger partial charge in [-0.15, -0.1) is 0 Å². The van der Waals surface area contributed by atoms with E-state index in [9.17, 15) is 9.59 Å². The molecule has 0 bridgehead atoms. The molecule has 3 aromatic rings. The maximum absolute atomic E-state index is 12.5. The molecule has 1 aromatic carbocycles. The van der Waals surface area contributed by atoms with Crippen LogP contribution in [0.15, 0.2) is 58.7 Å². The number of amides is 1. The number of carbonyl (C=O) groups is 1. The minimum absolute atomic E-state index is 0.279. The maximum Gasteiger partial charge on any atom is 0.280 e. The Balaban J connectivity index is 1.80. The molecule has 0 unspecified atom stereocenters. The van der Waals surface area contributed by atoms with E-state index in [1.165, 1.54) is 17.1 Å². The molecule has 0 spiro atoms. The number of aryl methyl sites for hydroxylation is 1. The lowest BCUT2D eigenvalue weighted by molar-refractivity contribution is 0.0955. The average Bonchev–Trinajstić information content (AvgIpc) is 2.91. The second kappa shape index (κ2) is 7.14. The number of carbonyl (C=O) groups excluding carboxylic acids is 1. The van der Waals surface area contributed by atoms with Gasteiger partial charge in [-0.05, 0) is 43.3 Å². The highest BCUT2D eigenvalue weighted by Gasteiger charge is 2.11. The van der Waals surface area contributed by atoms with Crippen LogP contribution in [0.5, 0.6) is 0 Å². The zero-order valence-corrected chi connectivity index (χ0v) is 14.0. The molecule has 0 aliphatic rings. The lowest BCUT2D eigenvalue weighted by atomic mass is 10.3. The fraction of sp³-hybridized carbons (Fsp3) is 0.0588. The summed E-state index contributed by atoms with van der Waals surface area (Å²) in [5.74, 6) is -0.407. The lowest BCUT2D eigenvalue weighted by Crippen LogP contribution is -2.20. The zero-order chi connectivity index (χ0) is 17.8. The Morgan fingerprint density at radius 1 is 1.32 bits per heavy atom. The third kappa shape index (κ3) is 3.67. The van der Waals surface area contributed by atoms with E-state index in [0.717, 1.165) is 0 Å². The summed E-state index contributed by atoms with van der Waals surface area (Å²) >= 11 is 5.86. The minimum atomic E-state index is -0.407. The van der Waals surface area contributed by atoms with Crippen LogP contribution in [-0.2, 0) is 0 Å². The number of halogens is 1. The number of hydrazone groups is 1. The summed E-state index contributed by atoms with van der Waals surface area (Å²) in [6.07, 6.45) is 4.32. The van der Waals surface area contributed by atoms with Crippen LogP contribution in [0.25, 0.3) is 5.69 Å². The van der Waals surface area contributed by atoms with E-state index in [-0.39, 0.29) is 5.56 Å². The molecule has 0 fully saturated rings. The summed E-state index contributed by atoms with van der Waals surface area (Å²) in [5, 5.41) is 7.40. The second-order valence-corrected chi connectivity index (χ2v) is 5.64. The maximum atomic E-state index is 12.5. The molecule has 0 aliphatic heterocycles. The number of aromatic amines is 1. The summed E-state index contributed by atoms with van der Waals surface area (Å²) in [7, 11) is 0. The van der Waals surface area contributed by atoms with E-state index in [0.29, 0.717) is 27.5 Å². The van der Waals surface area contributed by atoms with Gasteiger partial charge in [0.25, 0.3) is 11.5 Å². The van der Waals surface area contributed by atoms with Crippen molar-refractivity contribution in [3.8, 4) is 5.69 Å². The van der Waals surface area contributed by atoms with Gasteiger partial charge >= 0.3 is 0 Å². The Hall–Kier alpha value is -3.19. The summed E-state index contributed by atoms with van der Waals surface area (Å²) in [5.41, 5.74) is 4.09. The Bertz CT molecular complexity index is 975. The van der Waals surface area contributed by atoms with E-state index in [2.05, 4.69) is 20.6 Å². The molecule has 2 heterocycles. The predicted molar refractivity (Wildman–Crippen MR) is 95.4 cm³/mol. The first-order valence-electron chi connectivity index (χ1n) is 7.37. The fourth-order valence-electron chi connectivity index (χ4n) is 2.20. The number of nitrogens with one attached hydrogen (secondary N) is 2. The van der Waals surface area contributed by atoms with Crippen LogP contribution in [0.3, 0.4) is 0 Å². The van der Waals surface area contributed by atoms with Crippen molar-refractivity contribution >= 4 is 23.7 Å². The Morgan fingerprint density at radius 2 is 2.08 bits per heavy atom. The van der Waals surface area contributed by atoms with E-state index in [4.69, 9.17) is 11.6 Å². The van der Waals surface area contributed by atoms with E-state index in [1.807, 2.05) is 0 Å². The highest BCUT2D eigenvalue weighted by Crippen LogP contribution is 2.12.